The minimum absolute atomic E-state index is 0.823. The second-order valence-corrected chi connectivity index (χ2v) is 5.62. The van der Waals surface area contributed by atoms with Crippen LogP contribution in [-0.2, 0) is 6.54 Å². The highest BCUT2D eigenvalue weighted by molar-refractivity contribution is 7.15. The summed E-state index contributed by atoms with van der Waals surface area (Å²) >= 11 is 1.68. The van der Waals surface area contributed by atoms with Gasteiger partial charge in [0.15, 0.2) is 0 Å². The third-order valence-corrected chi connectivity index (χ3v) is 4.16. The maximum atomic E-state index is 4.79. The van der Waals surface area contributed by atoms with Crippen LogP contribution in [0.2, 0.25) is 0 Å². The zero-order chi connectivity index (χ0) is 14.5. The molecule has 0 saturated carbocycles. The SMILES string of the molecule is CCNCc1sc(-c2ccncn2)nc1-c1ccccc1. The second kappa shape index (κ2) is 6.56. The van der Waals surface area contributed by atoms with E-state index in [4.69, 9.17) is 4.98 Å². The second-order valence-electron chi connectivity index (χ2n) is 4.53. The van der Waals surface area contributed by atoms with Gasteiger partial charge in [-0.25, -0.2) is 15.0 Å². The van der Waals surface area contributed by atoms with E-state index < -0.39 is 0 Å². The third kappa shape index (κ3) is 3.15. The number of aromatic nitrogens is 3. The molecule has 2 heterocycles. The Morgan fingerprint density at radius 1 is 1.14 bits per heavy atom. The fourth-order valence-corrected chi connectivity index (χ4v) is 3.09. The highest BCUT2D eigenvalue weighted by Crippen LogP contribution is 2.32. The molecule has 0 atom stereocenters. The molecule has 21 heavy (non-hydrogen) atoms. The van der Waals surface area contributed by atoms with E-state index in [2.05, 4.69) is 34.3 Å². The quantitative estimate of drug-likeness (QED) is 0.784. The Balaban J connectivity index is 2.03. The molecule has 0 radical (unpaired) electrons. The number of nitrogens with zero attached hydrogens (tertiary/aromatic N) is 3. The van der Waals surface area contributed by atoms with E-state index in [9.17, 15) is 0 Å². The lowest BCUT2D eigenvalue weighted by atomic mass is 10.1. The first-order chi connectivity index (χ1) is 10.4. The molecule has 106 valence electrons. The Bertz CT molecular complexity index is 695. The van der Waals surface area contributed by atoms with Crippen LogP contribution in [0.15, 0.2) is 48.9 Å². The van der Waals surface area contributed by atoms with E-state index >= 15 is 0 Å². The highest BCUT2D eigenvalue weighted by atomic mass is 32.1. The van der Waals surface area contributed by atoms with Crippen molar-refractivity contribution in [2.24, 2.45) is 0 Å². The standard InChI is InChI=1S/C16H16N4S/c1-2-17-10-14-15(12-6-4-3-5-7-12)20-16(21-14)13-8-9-18-11-19-13/h3-9,11,17H,2,10H2,1H3. The summed E-state index contributed by atoms with van der Waals surface area (Å²) in [6.07, 6.45) is 3.30. The van der Waals surface area contributed by atoms with Gasteiger partial charge in [-0.3, -0.25) is 0 Å². The van der Waals surface area contributed by atoms with E-state index in [0.29, 0.717) is 0 Å². The van der Waals surface area contributed by atoms with Crippen molar-refractivity contribution in [2.75, 3.05) is 6.54 Å². The van der Waals surface area contributed by atoms with Gasteiger partial charge in [0, 0.05) is 23.2 Å². The molecule has 3 aromatic rings. The summed E-state index contributed by atoms with van der Waals surface area (Å²) in [6.45, 7) is 3.87. The highest BCUT2D eigenvalue weighted by Gasteiger charge is 2.14. The number of thiazole rings is 1. The monoisotopic (exact) mass is 296 g/mol. The fraction of sp³-hybridized carbons (Fsp3) is 0.188. The summed E-state index contributed by atoms with van der Waals surface area (Å²) < 4.78 is 0. The molecule has 3 rings (SSSR count). The number of nitrogens with one attached hydrogen (secondary N) is 1. The Hall–Kier alpha value is -2.11. The first kappa shape index (κ1) is 13.9. The van der Waals surface area contributed by atoms with Gasteiger partial charge in [0.05, 0.1) is 5.69 Å². The molecular formula is C16H16N4S. The molecule has 1 N–H and O–H groups in total. The van der Waals surface area contributed by atoms with Crippen molar-refractivity contribution in [1.82, 2.24) is 20.3 Å². The molecule has 0 spiro atoms. The molecule has 2 aromatic heterocycles. The molecule has 0 amide bonds. The van der Waals surface area contributed by atoms with Crippen molar-refractivity contribution in [1.29, 1.82) is 0 Å². The average molecular weight is 296 g/mol. The third-order valence-electron chi connectivity index (χ3n) is 3.08. The summed E-state index contributed by atoms with van der Waals surface area (Å²) in [5.74, 6) is 0. The molecule has 0 aliphatic heterocycles. The van der Waals surface area contributed by atoms with Gasteiger partial charge in [-0.2, -0.15) is 0 Å². The Labute approximate surface area is 127 Å². The summed E-state index contributed by atoms with van der Waals surface area (Å²) in [6, 6.07) is 12.2. The van der Waals surface area contributed by atoms with E-state index in [1.165, 1.54) is 4.88 Å². The zero-order valence-corrected chi connectivity index (χ0v) is 12.6. The largest absolute Gasteiger partial charge is 0.312 e. The lowest BCUT2D eigenvalue weighted by Crippen LogP contribution is -2.11. The van der Waals surface area contributed by atoms with Gasteiger partial charge >= 0.3 is 0 Å². The molecule has 4 nitrogen and oxygen atoms in total. The number of hydrogen-bond donors (Lipinski definition) is 1. The van der Waals surface area contributed by atoms with Crippen LogP contribution >= 0.6 is 11.3 Å². The maximum Gasteiger partial charge on any atom is 0.142 e. The topological polar surface area (TPSA) is 50.7 Å². The van der Waals surface area contributed by atoms with Gasteiger partial charge in [0.2, 0.25) is 0 Å². The summed E-state index contributed by atoms with van der Waals surface area (Å²) in [5, 5.41) is 4.31. The van der Waals surface area contributed by atoms with Crippen molar-refractivity contribution in [3.05, 3.63) is 53.8 Å². The van der Waals surface area contributed by atoms with Crippen molar-refractivity contribution < 1.29 is 0 Å². The molecular weight excluding hydrogens is 280 g/mol. The van der Waals surface area contributed by atoms with Crippen LogP contribution in [0.1, 0.15) is 11.8 Å². The van der Waals surface area contributed by atoms with Crippen molar-refractivity contribution >= 4 is 11.3 Å². The number of benzene rings is 1. The normalized spacial score (nSPS) is 10.7. The minimum Gasteiger partial charge on any atom is -0.312 e. The van der Waals surface area contributed by atoms with Crippen LogP contribution in [0.25, 0.3) is 22.0 Å². The van der Waals surface area contributed by atoms with Crippen LogP contribution < -0.4 is 5.32 Å². The minimum atomic E-state index is 0.823. The Morgan fingerprint density at radius 2 is 2.00 bits per heavy atom. The van der Waals surface area contributed by atoms with Gasteiger partial charge < -0.3 is 5.32 Å². The van der Waals surface area contributed by atoms with E-state index in [1.54, 1.807) is 23.9 Å². The van der Waals surface area contributed by atoms with Gasteiger partial charge in [0.25, 0.3) is 0 Å². The van der Waals surface area contributed by atoms with Crippen LogP contribution in [0.5, 0.6) is 0 Å². The maximum absolute atomic E-state index is 4.79. The van der Waals surface area contributed by atoms with Crippen LogP contribution in [0.3, 0.4) is 0 Å². The molecule has 0 bridgehead atoms. The van der Waals surface area contributed by atoms with Gasteiger partial charge in [-0.05, 0) is 12.6 Å². The van der Waals surface area contributed by atoms with Gasteiger partial charge in [-0.1, -0.05) is 37.3 Å². The Kier molecular flexibility index (Phi) is 4.33. The molecule has 5 heteroatoms. The lowest BCUT2D eigenvalue weighted by Gasteiger charge is -2.02. The predicted octanol–water partition coefficient (Wildman–Crippen LogP) is 3.38. The van der Waals surface area contributed by atoms with Gasteiger partial charge in [-0.15, -0.1) is 11.3 Å². The van der Waals surface area contributed by atoms with Crippen LogP contribution in [0, 0.1) is 0 Å². The van der Waals surface area contributed by atoms with Gasteiger partial charge in [0.1, 0.15) is 17.0 Å². The van der Waals surface area contributed by atoms with Crippen molar-refractivity contribution in [2.45, 2.75) is 13.5 Å². The summed E-state index contributed by atoms with van der Waals surface area (Å²) in [4.78, 5) is 14.3. The van der Waals surface area contributed by atoms with E-state index in [-0.39, 0.29) is 0 Å². The fourth-order valence-electron chi connectivity index (χ4n) is 2.06. The molecule has 1 aromatic carbocycles. The molecule has 0 unspecified atom stereocenters. The lowest BCUT2D eigenvalue weighted by molar-refractivity contribution is 0.735. The smallest absolute Gasteiger partial charge is 0.142 e. The molecule has 0 fully saturated rings. The summed E-state index contributed by atoms with van der Waals surface area (Å²) in [7, 11) is 0. The molecule has 0 aliphatic rings. The van der Waals surface area contributed by atoms with Crippen molar-refractivity contribution in [3.8, 4) is 22.0 Å². The molecule has 0 saturated heterocycles. The number of rotatable bonds is 5. The predicted molar refractivity (Wildman–Crippen MR) is 86.0 cm³/mol. The van der Waals surface area contributed by atoms with Crippen LogP contribution in [0.4, 0.5) is 0 Å². The average Bonchev–Trinajstić information content (AvgIpc) is 2.99. The van der Waals surface area contributed by atoms with Crippen LogP contribution in [-0.4, -0.2) is 21.5 Å². The first-order valence-electron chi connectivity index (χ1n) is 6.90. The zero-order valence-electron chi connectivity index (χ0n) is 11.8. The van der Waals surface area contributed by atoms with E-state index in [1.807, 2.05) is 24.3 Å². The van der Waals surface area contributed by atoms with E-state index in [0.717, 1.165) is 35.0 Å². The summed E-state index contributed by atoms with van der Waals surface area (Å²) in [5.41, 5.74) is 3.05. The number of hydrogen-bond acceptors (Lipinski definition) is 5. The first-order valence-corrected chi connectivity index (χ1v) is 7.72. The Morgan fingerprint density at radius 3 is 2.71 bits per heavy atom. The molecule has 0 aliphatic carbocycles. The van der Waals surface area contributed by atoms with Crippen molar-refractivity contribution in [3.63, 3.8) is 0 Å².